The van der Waals surface area contributed by atoms with Crippen LogP contribution in [0.5, 0.6) is 5.75 Å². The van der Waals surface area contributed by atoms with E-state index in [1.54, 1.807) is 7.11 Å². The van der Waals surface area contributed by atoms with Crippen LogP contribution >= 0.6 is 27.3 Å². The molecule has 0 spiro atoms. The van der Waals surface area contributed by atoms with Crippen LogP contribution in [0.1, 0.15) is 12.1 Å². The lowest BCUT2D eigenvalue weighted by molar-refractivity contribution is -0.136. The predicted molar refractivity (Wildman–Crippen MR) is 82.0 cm³/mol. The summed E-state index contributed by atoms with van der Waals surface area (Å²) in [6.45, 7) is 0. The molecule has 2 aromatic rings. The molecule has 0 aliphatic rings. The maximum atomic E-state index is 10.5. The zero-order valence-corrected chi connectivity index (χ0v) is 13.1. The molecule has 0 bridgehead atoms. The first-order valence-corrected chi connectivity index (χ1v) is 7.52. The quantitative estimate of drug-likeness (QED) is 0.825. The molecule has 0 radical (unpaired) electrons. The number of anilines is 2. The van der Waals surface area contributed by atoms with Gasteiger partial charge in [-0.1, -0.05) is 15.9 Å². The van der Waals surface area contributed by atoms with Gasteiger partial charge in [0.05, 0.1) is 19.2 Å². The van der Waals surface area contributed by atoms with E-state index in [0.29, 0.717) is 6.42 Å². The lowest BCUT2D eigenvalue weighted by Crippen LogP contribution is -1.98. The molecular formula is C13H13BrN2O3S. The largest absolute Gasteiger partial charge is 0.497 e. The first-order valence-electron chi connectivity index (χ1n) is 5.84. The van der Waals surface area contributed by atoms with Crippen LogP contribution in [0.4, 0.5) is 10.8 Å². The highest BCUT2D eigenvalue weighted by molar-refractivity contribution is 9.10. The van der Waals surface area contributed by atoms with E-state index >= 15 is 0 Å². The molecule has 0 aliphatic heterocycles. The van der Waals surface area contributed by atoms with Gasteiger partial charge in [0.1, 0.15) is 5.75 Å². The van der Waals surface area contributed by atoms with E-state index in [1.165, 1.54) is 11.3 Å². The zero-order valence-electron chi connectivity index (χ0n) is 10.7. The van der Waals surface area contributed by atoms with Gasteiger partial charge in [-0.15, -0.1) is 11.3 Å². The fourth-order valence-electron chi connectivity index (χ4n) is 1.59. The molecular weight excluding hydrogens is 344 g/mol. The molecule has 0 unspecified atom stereocenters. The number of benzene rings is 1. The highest BCUT2D eigenvalue weighted by Crippen LogP contribution is 2.28. The fraction of sp³-hybridized carbons (Fsp3) is 0.231. The van der Waals surface area contributed by atoms with Crippen molar-refractivity contribution in [3.63, 3.8) is 0 Å². The molecule has 0 fully saturated rings. The molecule has 0 aliphatic carbocycles. The summed E-state index contributed by atoms with van der Waals surface area (Å²) in [5.74, 6) is -0.0752. The maximum absolute atomic E-state index is 10.5. The summed E-state index contributed by atoms with van der Waals surface area (Å²) in [7, 11) is 1.61. The second-order valence-corrected chi connectivity index (χ2v) is 5.82. The van der Waals surface area contributed by atoms with Gasteiger partial charge in [0, 0.05) is 28.0 Å². The Hall–Kier alpha value is -1.60. The van der Waals surface area contributed by atoms with Gasteiger partial charge in [0.15, 0.2) is 5.13 Å². The van der Waals surface area contributed by atoms with E-state index in [0.717, 1.165) is 26.7 Å². The number of carbonyl (C=O) groups is 1. The molecule has 0 saturated heterocycles. The summed E-state index contributed by atoms with van der Waals surface area (Å²) < 4.78 is 6.10. The molecule has 1 aromatic carbocycles. The third-order valence-corrected chi connectivity index (χ3v) is 3.77. The van der Waals surface area contributed by atoms with Crippen molar-refractivity contribution >= 4 is 44.1 Å². The second-order valence-electron chi connectivity index (χ2n) is 4.04. The molecule has 7 heteroatoms. The number of carboxylic acid groups (broad SMARTS) is 1. The van der Waals surface area contributed by atoms with Crippen molar-refractivity contribution < 1.29 is 14.6 Å². The fourth-order valence-corrected chi connectivity index (χ4v) is 2.83. The van der Waals surface area contributed by atoms with Gasteiger partial charge in [-0.3, -0.25) is 4.79 Å². The summed E-state index contributed by atoms with van der Waals surface area (Å²) in [6, 6.07) is 5.65. The summed E-state index contributed by atoms with van der Waals surface area (Å²) in [6.07, 6.45) is 0.531. The van der Waals surface area contributed by atoms with E-state index in [1.807, 2.05) is 23.6 Å². The summed E-state index contributed by atoms with van der Waals surface area (Å²) in [5.41, 5.74) is 1.64. The van der Waals surface area contributed by atoms with Crippen LogP contribution in [0.3, 0.4) is 0 Å². The van der Waals surface area contributed by atoms with Gasteiger partial charge < -0.3 is 15.2 Å². The van der Waals surface area contributed by atoms with Gasteiger partial charge in [0.2, 0.25) is 0 Å². The number of ether oxygens (including phenoxy) is 1. The van der Waals surface area contributed by atoms with Crippen molar-refractivity contribution in [3.8, 4) is 5.75 Å². The predicted octanol–water partition coefficient (Wildman–Crippen LogP) is 3.68. The SMILES string of the molecule is COc1cc(Br)cc(Nc2nc(CCC(=O)O)cs2)c1. The van der Waals surface area contributed by atoms with Crippen LogP contribution in [-0.4, -0.2) is 23.2 Å². The number of hydrogen-bond acceptors (Lipinski definition) is 5. The number of methoxy groups -OCH3 is 1. The Balaban J connectivity index is 2.06. The average molecular weight is 357 g/mol. The summed E-state index contributed by atoms with van der Waals surface area (Å²) >= 11 is 4.85. The number of halogens is 1. The molecule has 0 saturated carbocycles. The highest BCUT2D eigenvalue weighted by Gasteiger charge is 2.06. The van der Waals surface area contributed by atoms with Crippen molar-refractivity contribution in [2.75, 3.05) is 12.4 Å². The second kappa shape index (κ2) is 6.71. The highest BCUT2D eigenvalue weighted by atomic mass is 79.9. The number of aliphatic carboxylic acids is 1. The Bertz CT molecular complexity index is 615. The maximum Gasteiger partial charge on any atom is 0.303 e. The Morgan fingerprint density at radius 3 is 3.00 bits per heavy atom. The van der Waals surface area contributed by atoms with Gasteiger partial charge in [0.25, 0.3) is 0 Å². The minimum absolute atomic E-state index is 0.0912. The van der Waals surface area contributed by atoms with E-state index in [9.17, 15) is 4.79 Å². The smallest absolute Gasteiger partial charge is 0.303 e. The number of aromatic nitrogens is 1. The molecule has 1 aromatic heterocycles. The van der Waals surface area contributed by atoms with E-state index in [4.69, 9.17) is 9.84 Å². The number of nitrogens with zero attached hydrogens (tertiary/aromatic N) is 1. The monoisotopic (exact) mass is 356 g/mol. The van der Waals surface area contributed by atoms with Crippen molar-refractivity contribution in [2.24, 2.45) is 0 Å². The summed E-state index contributed by atoms with van der Waals surface area (Å²) in [5, 5.41) is 14.4. The van der Waals surface area contributed by atoms with Crippen LogP contribution < -0.4 is 10.1 Å². The van der Waals surface area contributed by atoms with E-state index in [2.05, 4.69) is 26.2 Å². The topological polar surface area (TPSA) is 71.5 Å². The first kappa shape index (κ1) is 14.8. The Morgan fingerprint density at radius 2 is 2.30 bits per heavy atom. The number of carboxylic acids is 1. The molecule has 2 N–H and O–H groups in total. The van der Waals surface area contributed by atoms with Crippen molar-refractivity contribution in [1.29, 1.82) is 0 Å². The Morgan fingerprint density at radius 1 is 1.50 bits per heavy atom. The van der Waals surface area contributed by atoms with Crippen LogP contribution in [0.15, 0.2) is 28.1 Å². The third kappa shape index (κ3) is 4.21. The molecule has 0 atom stereocenters. The normalized spacial score (nSPS) is 10.3. The number of rotatable bonds is 6. The number of aryl methyl sites for hydroxylation is 1. The molecule has 1 heterocycles. The minimum atomic E-state index is -0.816. The van der Waals surface area contributed by atoms with Gasteiger partial charge >= 0.3 is 5.97 Å². The Labute approximate surface area is 128 Å². The van der Waals surface area contributed by atoms with Crippen LogP contribution in [-0.2, 0) is 11.2 Å². The van der Waals surface area contributed by atoms with Gasteiger partial charge in [-0.2, -0.15) is 0 Å². The number of nitrogens with one attached hydrogen (secondary N) is 1. The lowest BCUT2D eigenvalue weighted by atomic mass is 10.2. The van der Waals surface area contributed by atoms with Crippen LogP contribution in [0.25, 0.3) is 0 Å². The van der Waals surface area contributed by atoms with Crippen LogP contribution in [0, 0.1) is 0 Å². The molecule has 2 rings (SSSR count). The lowest BCUT2D eigenvalue weighted by Gasteiger charge is -2.06. The minimum Gasteiger partial charge on any atom is -0.497 e. The van der Waals surface area contributed by atoms with Gasteiger partial charge in [-0.25, -0.2) is 4.98 Å². The van der Waals surface area contributed by atoms with E-state index in [-0.39, 0.29) is 6.42 Å². The van der Waals surface area contributed by atoms with Crippen molar-refractivity contribution in [1.82, 2.24) is 4.98 Å². The number of thiazole rings is 1. The third-order valence-electron chi connectivity index (χ3n) is 2.51. The zero-order chi connectivity index (χ0) is 14.5. The summed E-state index contributed by atoms with van der Waals surface area (Å²) in [4.78, 5) is 14.9. The number of hydrogen-bond donors (Lipinski definition) is 2. The van der Waals surface area contributed by atoms with Crippen LogP contribution in [0.2, 0.25) is 0 Å². The molecule has 106 valence electrons. The molecule has 20 heavy (non-hydrogen) atoms. The van der Waals surface area contributed by atoms with Crippen molar-refractivity contribution in [3.05, 3.63) is 33.7 Å². The van der Waals surface area contributed by atoms with Crippen molar-refractivity contribution in [2.45, 2.75) is 12.8 Å². The average Bonchev–Trinajstić information content (AvgIpc) is 2.83. The van der Waals surface area contributed by atoms with E-state index < -0.39 is 5.97 Å². The standard InChI is InChI=1S/C13H13BrN2O3S/c1-19-11-5-8(14)4-10(6-11)16-13-15-9(7-20-13)2-3-12(17)18/h4-7H,2-3H2,1H3,(H,15,16)(H,17,18). The molecule has 0 amide bonds. The van der Waals surface area contributed by atoms with Gasteiger partial charge in [-0.05, 0) is 12.1 Å². The Kier molecular flexibility index (Phi) is 4.97. The first-order chi connectivity index (χ1) is 9.56. The molecule has 5 nitrogen and oxygen atoms in total.